The Hall–Kier alpha value is -2.35. The smallest absolute Gasteiger partial charge is 0.408 e. The summed E-state index contributed by atoms with van der Waals surface area (Å²) in [5.74, 6) is 0.519. The van der Waals surface area contributed by atoms with E-state index in [9.17, 15) is 9.59 Å². The predicted octanol–water partition coefficient (Wildman–Crippen LogP) is 3.37. The molecule has 27 heavy (non-hydrogen) atoms. The zero-order valence-electron chi connectivity index (χ0n) is 16.5. The van der Waals surface area contributed by atoms with Gasteiger partial charge in [-0.2, -0.15) is 4.37 Å². The molecule has 1 aromatic heterocycles. The molecule has 0 fully saturated rings. The van der Waals surface area contributed by atoms with E-state index in [1.54, 1.807) is 20.8 Å². The van der Waals surface area contributed by atoms with Gasteiger partial charge in [0.15, 0.2) is 0 Å². The number of nitrogens with zero attached hydrogens (tertiary/aromatic N) is 1. The van der Waals surface area contributed by atoms with Gasteiger partial charge in [-0.25, -0.2) is 4.79 Å². The van der Waals surface area contributed by atoms with Crippen LogP contribution in [-0.2, 0) is 9.53 Å². The zero-order valence-corrected chi connectivity index (χ0v) is 17.3. The molecule has 0 aliphatic carbocycles. The zero-order chi connectivity index (χ0) is 20.0. The molecular formula is C19H28N4O3S. The number of hydrogen-bond donors (Lipinski definition) is 3. The topological polar surface area (TPSA) is 92.3 Å². The van der Waals surface area contributed by atoms with Gasteiger partial charge in [-0.1, -0.05) is 26.0 Å². The number of rotatable bonds is 7. The van der Waals surface area contributed by atoms with Gasteiger partial charge in [0, 0.05) is 18.5 Å². The summed E-state index contributed by atoms with van der Waals surface area (Å²) in [6, 6.07) is 7.34. The van der Waals surface area contributed by atoms with Crippen molar-refractivity contribution in [1.29, 1.82) is 0 Å². The van der Waals surface area contributed by atoms with E-state index in [1.165, 1.54) is 11.5 Å². The number of benzene rings is 1. The Balaban J connectivity index is 1.82. The van der Waals surface area contributed by atoms with E-state index >= 15 is 0 Å². The highest BCUT2D eigenvalue weighted by atomic mass is 32.1. The fourth-order valence-electron chi connectivity index (χ4n) is 2.46. The van der Waals surface area contributed by atoms with Crippen LogP contribution in [0.25, 0.3) is 10.1 Å². The largest absolute Gasteiger partial charge is 0.444 e. The number of fused-ring (bicyclic) bond motifs is 1. The lowest BCUT2D eigenvalue weighted by atomic mass is 10.0. The van der Waals surface area contributed by atoms with Gasteiger partial charge in [0.2, 0.25) is 5.91 Å². The van der Waals surface area contributed by atoms with E-state index in [2.05, 4.69) is 20.3 Å². The van der Waals surface area contributed by atoms with Gasteiger partial charge < -0.3 is 20.7 Å². The van der Waals surface area contributed by atoms with Crippen LogP contribution in [0, 0.1) is 5.92 Å². The summed E-state index contributed by atoms with van der Waals surface area (Å²) in [4.78, 5) is 24.4. The monoisotopic (exact) mass is 392 g/mol. The highest BCUT2D eigenvalue weighted by Gasteiger charge is 2.26. The Labute approximate surface area is 164 Å². The van der Waals surface area contributed by atoms with Crippen molar-refractivity contribution >= 4 is 39.4 Å². The van der Waals surface area contributed by atoms with Crippen molar-refractivity contribution in [3.05, 3.63) is 24.3 Å². The van der Waals surface area contributed by atoms with Gasteiger partial charge in [0.1, 0.15) is 17.5 Å². The maximum Gasteiger partial charge on any atom is 0.408 e. The molecule has 1 aromatic carbocycles. The molecule has 1 atom stereocenters. The summed E-state index contributed by atoms with van der Waals surface area (Å²) >= 11 is 1.44. The SMILES string of the molecule is CC(C)[C@H](NC(=O)OC(C)(C)C)C(=O)NCCNc1nsc2ccccc12. The highest BCUT2D eigenvalue weighted by Crippen LogP contribution is 2.25. The molecule has 0 spiro atoms. The van der Waals surface area contributed by atoms with Gasteiger partial charge in [0.25, 0.3) is 0 Å². The molecule has 0 aliphatic heterocycles. The summed E-state index contributed by atoms with van der Waals surface area (Å²) < 4.78 is 10.7. The Bertz CT molecular complexity index is 783. The number of amides is 2. The summed E-state index contributed by atoms with van der Waals surface area (Å²) in [7, 11) is 0. The first kappa shape index (κ1) is 21.0. The number of carbonyl (C=O) groups is 2. The molecule has 0 saturated heterocycles. The summed E-state index contributed by atoms with van der Waals surface area (Å²) in [6.45, 7) is 10.1. The molecular weight excluding hydrogens is 364 g/mol. The molecule has 2 rings (SSSR count). The molecule has 0 radical (unpaired) electrons. The van der Waals surface area contributed by atoms with E-state index in [4.69, 9.17) is 4.74 Å². The second-order valence-corrected chi connectivity index (χ2v) is 8.42. The van der Waals surface area contributed by atoms with Crippen molar-refractivity contribution in [3.63, 3.8) is 0 Å². The van der Waals surface area contributed by atoms with E-state index in [0.717, 1.165) is 15.9 Å². The van der Waals surface area contributed by atoms with Crippen molar-refractivity contribution in [2.24, 2.45) is 5.92 Å². The molecule has 0 saturated carbocycles. The third-order valence-corrected chi connectivity index (χ3v) is 4.54. The number of hydrogen-bond acceptors (Lipinski definition) is 6. The molecule has 8 heteroatoms. The summed E-state index contributed by atoms with van der Waals surface area (Å²) in [5.41, 5.74) is -0.609. The Kier molecular flexibility index (Phi) is 7.01. The maximum atomic E-state index is 12.4. The van der Waals surface area contributed by atoms with Crippen LogP contribution in [-0.4, -0.2) is 41.1 Å². The quantitative estimate of drug-likeness (QED) is 0.628. The van der Waals surface area contributed by atoms with Gasteiger partial charge in [-0.3, -0.25) is 4.79 Å². The van der Waals surface area contributed by atoms with Crippen molar-refractivity contribution in [3.8, 4) is 0 Å². The third kappa shape index (κ3) is 6.39. The molecule has 7 nitrogen and oxygen atoms in total. The minimum atomic E-state index is -0.653. The fraction of sp³-hybridized carbons (Fsp3) is 0.526. The van der Waals surface area contributed by atoms with Crippen molar-refractivity contribution in [2.45, 2.75) is 46.3 Å². The van der Waals surface area contributed by atoms with E-state index < -0.39 is 17.7 Å². The van der Waals surface area contributed by atoms with Crippen LogP contribution in [0.1, 0.15) is 34.6 Å². The molecule has 3 N–H and O–H groups in total. The minimum Gasteiger partial charge on any atom is -0.444 e. The van der Waals surface area contributed by atoms with Crippen molar-refractivity contribution in [2.75, 3.05) is 18.4 Å². The van der Waals surface area contributed by atoms with Gasteiger partial charge in [-0.15, -0.1) is 0 Å². The third-order valence-electron chi connectivity index (χ3n) is 3.72. The summed E-state index contributed by atoms with van der Waals surface area (Å²) in [6.07, 6.45) is -0.594. The van der Waals surface area contributed by atoms with Crippen LogP contribution >= 0.6 is 11.5 Å². The molecule has 2 amide bonds. The first-order valence-electron chi connectivity index (χ1n) is 9.03. The van der Waals surface area contributed by atoms with Gasteiger partial charge in [-0.05, 0) is 50.4 Å². The molecule has 0 unspecified atom stereocenters. The van der Waals surface area contributed by atoms with Crippen LogP contribution in [0.2, 0.25) is 0 Å². The Morgan fingerprint density at radius 1 is 1.19 bits per heavy atom. The lowest BCUT2D eigenvalue weighted by molar-refractivity contribution is -0.124. The average molecular weight is 393 g/mol. The standard InChI is InChI=1S/C19H28N4O3S/c1-12(2)15(22-18(25)26-19(3,4)5)17(24)21-11-10-20-16-13-8-6-7-9-14(13)27-23-16/h6-9,12,15H,10-11H2,1-5H3,(H,20,23)(H,21,24)(H,22,25)/t15-/m0/s1. The molecule has 0 aliphatic rings. The second kappa shape index (κ2) is 9.03. The predicted molar refractivity (Wildman–Crippen MR) is 109 cm³/mol. The first-order chi connectivity index (χ1) is 12.7. The van der Waals surface area contributed by atoms with E-state index in [1.807, 2.05) is 38.1 Å². The van der Waals surface area contributed by atoms with Gasteiger partial charge >= 0.3 is 6.09 Å². The highest BCUT2D eigenvalue weighted by molar-refractivity contribution is 7.13. The molecule has 0 bridgehead atoms. The number of aromatic nitrogens is 1. The minimum absolute atomic E-state index is 0.0621. The molecule has 2 aromatic rings. The Morgan fingerprint density at radius 3 is 2.56 bits per heavy atom. The number of carbonyl (C=O) groups excluding carboxylic acids is 2. The van der Waals surface area contributed by atoms with Crippen molar-refractivity contribution < 1.29 is 14.3 Å². The van der Waals surface area contributed by atoms with E-state index in [-0.39, 0.29) is 11.8 Å². The molecule has 148 valence electrons. The summed E-state index contributed by atoms with van der Waals surface area (Å²) in [5, 5.41) is 9.80. The van der Waals surface area contributed by atoms with Crippen LogP contribution in [0.5, 0.6) is 0 Å². The lowest BCUT2D eigenvalue weighted by Crippen LogP contribution is -2.51. The number of anilines is 1. The van der Waals surface area contributed by atoms with E-state index in [0.29, 0.717) is 13.1 Å². The van der Waals surface area contributed by atoms with Crippen LogP contribution in [0.15, 0.2) is 24.3 Å². The van der Waals surface area contributed by atoms with Gasteiger partial charge in [0.05, 0.1) is 4.70 Å². The van der Waals surface area contributed by atoms with Crippen molar-refractivity contribution in [1.82, 2.24) is 15.0 Å². The maximum absolute atomic E-state index is 12.4. The number of nitrogens with one attached hydrogen (secondary N) is 3. The van der Waals surface area contributed by atoms with Crippen LogP contribution in [0.3, 0.4) is 0 Å². The average Bonchev–Trinajstić information content (AvgIpc) is 2.98. The number of alkyl carbamates (subject to hydrolysis) is 1. The fourth-order valence-corrected chi connectivity index (χ4v) is 3.21. The molecule has 1 heterocycles. The Morgan fingerprint density at radius 2 is 1.89 bits per heavy atom. The number of ether oxygens (including phenoxy) is 1. The van der Waals surface area contributed by atoms with Crippen LogP contribution < -0.4 is 16.0 Å². The first-order valence-corrected chi connectivity index (χ1v) is 9.80. The normalized spacial score (nSPS) is 12.7. The lowest BCUT2D eigenvalue weighted by Gasteiger charge is -2.25. The van der Waals surface area contributed by atoms with Crippen LogP contribution in [0.4, 0.5) is 10.6 Å². The second-order valence-electron chi connectivity index (χ2n) is 7.61.